The van der Waals surface area contributed by atoms with E-state index in [4.69, 9.17) is 0 Å². The van der Waals surface area contributed by atoms with Crippen LogP contribution in [-0.2, 0) is 16.2 Å². The Kier molecular flexibility index (Phi) is 5.20. The molecular weight excluding hydrogens is 449 g/mol. The summed E-state index contributed by atoms with van der Waals surface area (Å²) in [6, 6.07) is 14.5. The van der Waals surface area contributed by atoms with Gasteiger partial charge in [-0.3, -0.25) is 9.59 Å². The van der Waals surface area contributed by atoms with Gasteiger partial charge in [0.05, 0.1) is 17.8 Å². The van der Waals surface area contributed by atoms with Crippen LogP contribution in [0.3, 0.4) is 0 Å². The van der Waals surface area contributed by atoms with Gasteiger partial charge in [-0.25, -0.2) is 13.2 Å². The van der Waals surface area contributed by atoms with E-state index in [-0.39, 0.29) is 24.2 Å². The fourth-order valence-corrected chi connectivity index (χ4v) is 5.96. The van der Waals surface area contributed by atoms with Crippen molar-refractivity contribution in [3.05, 3.63) is 100 Å². The first-order valence-electron chi connectivity index (χ1n) is 10.4. The summed E-state index contributed by atoms with van der Waals surface area (Å²) in [5.74, 6) is -2.79. The molecule has 2 amide bonds. The van der Waals surface area contributed by atoms with Crippen molar-refractivity contribution in [2.75, 3.05) is 17.2 Å². The van der Waals surface area contributed by atoms with Crippen molar-refractivity contribution >= 4 is 29.3 Å². The second kappa shape index (κ2) is 7.95. The number of hydrogen-bond acceptors (Lipinski definition) is 3. The largest absolute Gasteiger partial charge is 0.311 e. The van der Waals surface area contributed by atoms with Gasteiger partial charge in [0.2, 0.25) is 0 Å². The third kappa shape index (κ3) is 3.23. The summed E-state index contributed by atoms with van der Waals surface area (Å²) in [5, 5.41) is 0. The van der Waals surface area contributed by atoms with Gasteiger partial charge in [-0.15, -0.1) is 11.8 Å². The van der Waals surface area contributed by atoms with Gasteiger partial charge >= 0.3 is 0 Å². The first kappa shape index (κ1) is 21.6. The summed E-state index contributed by atoms with van der Waals surface area (Å²) < 4.78 is 43.3. The molecule has 0 unspecified atom stereocenters. The summed E-state index contributed by atoms with van der Waals surface area (Å²) in [6.45, 7) is 1.77. The summed E-state index contributed by atoms with van der Waals surface area (Å²) in [4.78, 5) is 28.6. The smallest absolute Gasteiger partial charge is 0.268 e. The maximum absolute atomic E-state index is 14.4. The summed E-state index contributed by atoms with van der Waals surface area (Å²) in [6.07, 6.45) is 0. The molecule has 168 valence electrons. The Morgan fingerprint density at radius 3 is 2.42 bits per heavy atom. The monoisotopic (exact) mass is 468 g/mol. The van der Waals surface area contributed by atoms with Crippen molar-refractivity contribution in [3.63, 3.8) is 0 Å². The Morgan fingerprint density at radius 2 is 1.70 bits per heavy atom. The first-order valence-corrected chi connectivity index (χ1v) is 11.4. The van der Waals surface area contributed by atoms with Gasteiger partial charge in [-0.1, -0.05) is 35.9 Å². The van der Waals surface area contributed by atoms with E-state index in [1.807, 2.05) is 13.0 Å². The fourth-order valence-electron chi connectivity index (χ4n) is 4.51. The molecule has 0 saturated carbocycles. The molecule has 1 atom stereocenters. The second-order valence-corrected chi connectivity index (χ2v) is 9.33. The quantitative estimate of drug-likeness (QED) is 0.543. The van der Waals surface area contributed by atoms with Crippen LogP contribution in [0.5, 0.6) is 0 Å². The normalized spacial score (nSPS) is 19.5. The number of amides is 2. The molecule has 0 aliphatic carbocycles. The molecule has 0 bridgehead atoms. The molecule has 2 heterocycles. The highest BCUT2D eigenvalue weighted by Gasteiger charge is 2.59. The van der Waals surface area contributed by atoms with E-state index >= 15 is 0 Å². The van der Waals surface area contributed by atoms with Crippen LogP contribution in [0.4, 0.5) is 18.9 Å². The van der Waals surface area contributed by atoms with Crippen LogP contribution in [0.2, 0.25) is 0 Å². The van der Waals surface area contributed by atoms with Crippen molar-refractivity contribution in [3.8, 4) is 0 Å². The molecule has 33 heavy (non-hydrogen) atoms. The van der Waals surface area contributed by atoms with E-state index in [9.17, 15) is 22.8 Å². The van der Waals surface area contributed by atoms with Crippen LogP contribution in [0, 0.1) is 24.4 Å². The molecule has 8 heteroatoms. The van der Waals surface area contributed by atoms with Gasteiger partial charge in [0.25, 0.3) is 11.8 Å². The van der Waals surface area contributed by atoms with Gasteiger partial charge in [0.1, 0.15) is 17.5 Å². The maximum Gasteiger partial charge on any atom is 0.268 e. The van der Waals surface area contributed by atoms with Crippen molar-refractivity contribution in [2.24, 2.45) is 0 Å². The lowest BCUT2D eigenvalue weighted by molar-refractivity contribution is -0.123. The molecule has 5 rings (SSSR count). The number of fused-ring (bicyclic) bond motifs is 2. The lowest BCUT2D eigenvalue weighted by Gasteiger charge is -2.33. The number of aryl methyl sites for hydroxylation is 1. The third-order valence-corrected chi connectivity index (χ3v) is 7.50. The molecule has 1 fully saturated rings. The molecule has 3 aromatic carbocycles. The summed E-state index contributed by atoms with van der Waals surface area (Å²) in [5.41, 5.74) is 1.56. The third-order valence-electron chi connectivity index (χ3n) is 6.08. The Morgan fingerprint density at radius 1 is 1.00 bits per heavy atom. The minimum Gasteiger partial charge on any atom is -0.311 e. The van der Waals surface area contributed by atoms with Crippen molar-refractivity contribution in [1.29, 1.82) is 0 Å². The number of halogens is 3. The Bertz CT molecular complexity index is 1280. The zero-order valence-corrected chi connectivity index (χ0v) is 18.5. The number of anilines is 1. The molecule has 0 aromatic heterocycles. The Hall–Kier alpha value is -3.26. The van der Waals surface area contributed by atoms with Crippen LogP contribution in [0.25, 0.3) is 0 Å². The molecule has 2 aliphatic heterocycles. The molecule has 1 spiro atoms. The molecule has 4 nitrogen and oxygen atoms in total. The zero-order valence-electron chi connectivity index (χ0n) is 17.6. The molecular formula is C25H19F3N2O2S. The van der Waals surface area contributed by atoms with Gasteiger partial charge in [0.15, 0.2) is 4.87 Å². The van der Waals surface area contributed by atoms with Crippen LogP contribution in [0.15, 0.2) is 60.7 Å². The van der Waals surface area contributed by atoms with E-state index in [1.54, 1.807) is 18.2 Å². The molecule has 1 saturated heterocycles. The van der Waals surface area contributed by atoms with Gasteiger partial charge in [-0.2, -0.15) is 0 Å². The lowest BCUT2D eigenvalue weighted by atomic mass is 10.0. The standard InChI is InChI=1S/C25H19F3N2O2S/c1-15-9-10-22-18(13-15)25(24(32)29(22)14-17-20(27)7-4-8-21(17)28)30(11-12-33-25)23(31)16-5-2-3-6-19(16)26/h2-10,13H,11-12,14H2,1H3/t25-/m1/s1. The van der Waals surface area contributed by atoms with Crippen molar-refractivity contribution in [2.45, 2.75) is 18.3 Å². The molecule has 2 aliphatic rings. The molecule has 0 N–H and O–H groups in total. The van der Waals surface area contributed by atoms with Crippen molar-refractivity contribution in [1.82, 2.24) is 4.90 Å². The van der Waals surface area contributed by atoms with Crippen LogP contribution in [-0.4, -0.2) is 29.0 Å². The second-order valence-electron chi connectivity index (χ2n) is 8.04. The number of nitrogens with zero attached hydrogens (tertiary/aromatic N) is 2. The fraction of sp³-hybridized carbons (Fsp3) is 0.200. The number of thioether (sulfide) groups is 1. The number of benzene rings is 3. The highest BCUT2D eigenvalue weighted by Crippen LogP contribution is 2.55. The van der Waals surface area contributed by atoms with E-state index < -0.39 is 34.1 Å². The average molecular weight is 469 g/mol. The summed E-state index contributed by atoms with van der Waals surface area (Å²) in [7, 11) is 0. The van der Waals surface area contributed by atoms with Gasteiger partial charge in [0, 0.05) is 23.4 Å². The summed E-state index contributed by atoms with van der Waals surface area (Å²) >= 11 is 1.28. The lowest BCUT2D eigenvalue weighted by Crippen LogP contribution is -2.50. The number of rotatable bonds is 3. The molecule has 3 aromatic rings. The maximum atomic E-state index is 14.4. The van der Waals surface area contributed by atoms with Crippen LogP contribution < -0.4 is 4.90 Å². The van der Waals surface area contributed by atoms with E-state index in [2.05, 4.69) is 0 Å². The average Bonchev–Trinajstić information content (AvgIpc) is 3.33. The predicted octanol–water partition coefficient (Wildman–Crippen LogP) is 5.00. The highest BCUT2D eigenvalue weighted by atomic mass is 32.2. The van der Waals surface area contributed by atoms with E-state index in [0.717, 1.165) is 17.7 Å². The first-order chi connectivity index (χ1) is 15.8. The zero-order chi connectivity index (χ0) is 23.3. The minimum atomic E-state index is -1.43. The Balaban J connectivity index is 1.63. The highest BCUT2D eigenvalue weighted by molar-refractivity contribution is 8.01. The predicted molar refractivity (Wildman–Crippen MR) is 120 cm³/mol. The minimum absolute atomic E-state index is 0.125. The van der Waals surface area contributed by atoms with Crippen molar-refractivity contribution < 1.29 is 22.8 Å². The SMILES string of the molecule is Cc1ccc2c(c1)[C@@]1(SCCN1C(=O)c1ccccc1F)C(=O)N2Cc1c(F)cccc1F. The van der Waals surface area contributed by atoms with Gasteiger partial charge in [-0.05, 0) is 37.3 Å². The molecule has 0 radical (unpaired) electrons. The van der Waals surface area contributed by atoms with E-state index in [1.165, 1.54) is 45.8 Å². The topological polar surface area (TPSA) is 40.6 Å². The van der Waals surface area contributed by atoms with E-state index in [0.29, 0.717) is 17.0 Å². The Labute approximate surface area is 193 Å². The van der Waals surface area contributed by atoms with Crippen LogP contribution >= 0.6 is 11.8 Å². The van der Waals surface area contributed by atoms with Crippen LogP contribution in [0.1, 0.15) is 27.0 Å². The van der Waals surface area contributed by atoms with Gasteiger partial charge < -0.3 is 9.80 Å². The number of carbonyl (C=O) groups is 2. The number of hydrogen-bond donors (Lipinski definition) is 0. The number of carbonyl (C=O) groups excluding carboxylic acids is 2.